The third kappa shape index (κ3) is 3.54. The zero-order valence-electron chi connectivity index (χ0n) is 16.0. The van der Waals surface area contributed by atoms with Gasteiger partial charge in [0.2, 0.25) is 0 Å². The Hall–Kier alpha value is -2.31. The maximum atomic E-state index is 14.2. The second kappa shape index (κ2) is 7.60. The van der Waals surface area contributed by atoms with Crippen molar-refractivity contribution < 1.29 is 13.9 Å². The Kier molecular flexibility index (Phi) is 5.17. The lowest BCUT2D eigenvalue weighted by Crippen LogP contribution is -2.45. The fraction of sp³-hybridized carbons (Fsp3) is 0.409. The summed E-state index contributed by atoms with van der Waals surface area (Å²) in [6.45, 7) is 3.00. The lowest BCUT2D eigenvalue weighted by atomic mass is 9.98. The number of fused-ring (bicyclic) bond motifs is 1. The van der Waals surface area contributed by atoms with E-state index in [9.17, 15) is 13.9 Å². The zero-order chi connectivity index (χ0) is 19.7. The molecule has 0 amide bonds. The minimum Gasteiger partial charge on any atom is -0.394 e. The van der Waals surface area contributed by atoms with E-state index < -0.39 is 11.6 Å². The molecule has 1 aromatic carbocycles. The molecular weight excluding hydrogens is 360 g/mol. The SMILES string of the molecule is Cc1nccc2c(CNC3(CO)CCCC3)cn(Cc3ccc(F)cc3F)c12. The number of aliphatic hydroxyl groups excluding tert-OH is 1. The minimum atomic E-state index is -0.577. The van der Waals surface area contributed by atoms with Crippen LogP contribution in [0.3, 0.4) is 0 Å². The van der Waals surface area contributed by atoms with Crippen LogP contribution in [0.4, 0.5) is 8.78 Å². The van der Waals surface area contributed by atoms with Gasteiger partial charge in [0, 0.05) is 41.5 Å². The molecule has 148 valence electrons. The van der Waals surface area contributed by atoms with Gasteiger partial charge in [-0.2, -0.15) is 0 Å². The highest BCUT2D eigenvalue weighted by atomic mass is 19.1. The number of pyridine rings is 1. The quantitative estimate of drug-likeness (QED) is 0.673. The van der Waals surface area contributed by atoms with Gasteiger partial charge in [0.15, 0.2) is 0 Å². The highest BCUT2D eigenvalue weighted by Crippen LogP contribution is 2.31. The molecule has 2 aromatic heterocycles. The molecule has 1 aliphatic rings. The van der Waals surface area contributed by atoms with Gasteiger partial charge in [-0.3, -0.25) is 4.98 Å². The van der Waals surface area contributed by atoms with Crippen molar-refractivity contribution in [2.75, 3.05) is 6.61 Å². The summed E-state index contributed by atoms with van der Waals surface area (Å²) in [7, 11) is 0. The van der Waals surface area contributed by atoms with E-state index in [4.69, 9.17) is 0 Å². The van der Waals surface area contributed by atoms with Crippen LogP contribution in [0.25, 0.3) is 10.9 Å². The lowest BCUT2D eigenvalue weighted by molar-refractivity contribution is 0.163. The molecule has 0 aliphatic heterocycles. The Morgan fingerprint density at radius 2 is 1.96 bits per heavy atom. The second-order valence-corrected chi connectivity index (χ2v) is 7.81. The molecule has 1 saturated carbocycles. The van der Waals surface area contributed by atoms with E-state index in [0.29, 0.717) is 18.7 Å². The predicted octanol–water partition coefficient (Wildman–Crippen LogP) is 4.07. The highest BCUT2D eigenvalue weighted by Gasteiger charge is 2.32. The predicted molar refractivity (Wildman–Crippen MR) is 105 cm³/mol. The number of hydrogen-bond donors (Lipinski definition) is 2. The molecule has 4 rings (SSSR count). The van der Waals surface area contributed by atoms with Crippen LogP contribution in [0.15, 0.2) is 36.7 Å². The van der Waals surface area contributed by atoms with Crippen LogP contribution in [0.2, 0.25) is 0 Å². The molecule has 1 fully saturated rings. The number of hydrogen-bond acceptors (Lipinski definition) is 3. The van der Waals surface area contributed by atoms with Gasteiger partial charge in [0.1, 0.15) is 11.6 Å². The summed E-state index contributed by atoms with van der Waals surface area (Å²) in [6, 6.07) is 5.65. The standard InChI is InChI=1S/C22H25F2N3O/c1-15-21-19(6-9-25-15)17(11-26-22(14-28)7-2-3-8-22)13-27(21)12-16-4-5-18(23)10-20(16)24/h4-6,9-10,13,26,28H,2-3,7-8,11-12,14H2,1H3. The van der Waals surface area contributed by atoms with Crippen molar-refractivity contribution >= 4 is 10.9 Å². The smallest absolute Gasteiger partial charge is 0.131 e. The molecule has 2 heterocycles. The first-order chi connectivity index (χ1) is 13.5. The number of aryl methyl sites for hydroxylation is 1. The highest BCUT2D eigenvalue weighted by molar-refractivity contribution is 5.85. The number of nitrogens with zero attached hydrogens (tertiary/aromatic N) is 2. The van der Waals surface area contributed by atoms with E-state index in [1.165, 1.54) is 12.1 Å². The normalized spacial score (nSPS) is 16.1. The molecule has 1 aliphatic carbocycles. The average molecular weight is 385 g/mol. The Bertz CT molecular complexity index is 993. The second-order valence-electron chi connectivity index (χ2n) is 7.81. The van der Waals surface area contributed by atoms with E-state index in [2.05, 4.69) is 10.3 Å². The molecule has 0 atom stereocenters. The van der Waals surface area contributed by atoms with Crippen LogP contribution in [0, 0.1) is 18.6 Å². The van der Waals surface area contributed by atoms with Gasteiger partial charge in [-0.15, -0.1) is 0 Å². The number of halogens is 2. The molecule has 0 bridgehead atoms. The summed E-state index contributed by atoms with van der Waals surface area (Å²) >= 11 is 0. The molecule has 0 spiro atoms. The monoisotopic (exact) mass is 385 g/mol. The van der Waals surface area contributed by atoms with Crippen molar-refractivity contribution in [2.45, 2.75) is 51.2 Å². The lowest BCUT2D eigenvalue weighted by Gasteiger charge is -2.28. The topological polar surface area (TPSA) is 50.1 Å². The summed E-state index contributed by atoms with van der Waals surface area (Å²) in [5.74, 6) is -1.12. The van der Waals surface area contributed by atoms with Crippen molar-refractivity contribution in [3.05, 3.63) is 65.1 Å². The van der Waals surface area contributed by atoms with Gasteiger partial charge in [-0.25, -0.2) is 8.78 Å². The summed E-state index contributed by atoms with van der Waals surface area (Å²) in [5.41, 5.74) is 3.13. The minimum absolute atomic E-state index is 0.132. The Morgan fingerprint density at radius 3 is 2.68 bits per heavy atom. The van der Waals surface area contributed by atoms with Gasteiger partial charge >= 0.3 is 0 Å². The first-order valence-electron chi connectivity index (χ1n) is 9.74. The summed E-state index contributed by atoms with van der Waals surface area (Å²) in [6.07, 6.45) is 7.99. The number of nitrogens with one attached hydrogen (secondary N) is 1. The van der Waals surface area contributed by atoms with Gasteiger partial charge in [-0.1, -0.05) is 18.9 Å². The molecule has 3 aromatic rings. The molecule has 2 N–H and O–H groups in total. The Balaban J connectivity index is 1.67. The average Bonchev–Trinajstić information content (AvgIpc) is 3.29. The van der Waals surface area contributed by atoms with E-state index in [1.807, 2.05) is 23.8 Å². The number of aliphatic hydroxyl groups is 1. The maximum Gasteiger partial charge on any atom is 0.131 e. The number of rotatable bonds is 6. The number of aromatic nitrogens is 2. The van der Waals surface area contributed by atoms with E-state index in [1.54, 1.807) is 6.20 Å². The van der Waals surface area contributed by atoms with Crippen molar-refractivity contribution in [3.63, 3.8) is 0 Å². The summed E-state index contributed by atoms with van der Waals surface area (Å²) < 4.78 is 29.4. The molecule has 0 radical (unpaired) electrons. The van der Waals surface area contributed by atoms with Crippen molar-refractivity contribution in [3.8, 4) is 0 Å². The first-order valence-corrected chi connectivity index (χ1v) is 9.74. The first kappa shape index (κ1) is 19.0. The fourth-order valence-corrected chi connectivity index (χ4v) is 4.33. The van der Waals surface area contributed by atoms with E-state index in [0.717, 1.165) is 53.9 Å². The van der Waals surface area contributed by atoms with E-state index >= 15 is 0 Å². The van der Waals surface area contributed by atoms with Crippen LogP contribution < -0.4 is 5.32 Å². The largest absolute Gasteiger partial charge is 0.394 e. The fourth-order valence-electron chi connectivity index (χ4n) is 4.33. The summed E-state index contributed by atoms with van der Waals surface area (Å²) in [4.78, 5) is 4.39. The Morgan fingerprint density at radius 1 is 1.18 bits per heavy atom. The van der Waals surface area contributed by atoms with Gasteiger partial charge < -0.3 is 15.0 Å². The van der Waals surface area contributed by atoms with Crippen LogP contribution in [-0.4, -0.2) is 26.8 Å². The van der Waals surface area contributed by atoms with Gasteiger partial charge in [0.25, 0.3) is 0 Å². The molecular formula is C22H25F2N3O. The molecule has 0 unspecified atom stereocenters. The molecule has 0 saturated heterocycles. The maximum absolute atomic E-state index is 14.2. The molecule has 6 heteroatoms. The third-order valence-corrected chi connectivity index (χ3v) is 5.93. The Labute approximate surface area is 163 Å². The van der Waals surface area contributed by atoms with Crippen LogP contribution in [0.1, 0.15) is 42.5 Å². The van der Waals surface area contributed by atoms with Gasteiger partial charge in [0.05, 0.1) is 24.4 Å². The van der Waals surface area contributed by atoms with Crippen molar-refractivity contribution in [1.29, 1.82) is 0 Å². The van der Waals surface area contributed by atoms with Crippen molar-refractivity contribution in [1.82, 2.24) is 14.9 Å². The van der Waals surface area contributed by atoms with Crippen LogP contribution in [-0.2, 0) is 13.1 Å². The zero-order valence-corrected chi connectivity index (χ0v) is 16.0. The molecule has 4 nitrogen and oxygen atoms in total. The van der Waals surface area contributed by atoms with Crippen LogP contribution >= 0.6 is 0 Å². The summed E-state index contributed by atoms with van der Waals surface area (Å²) in [5, 5.41) is 14.5. The number of benzene rings is 1. The van der Waals surface area contributed by atoms with E-state index in [-0.39, 0.29) is 12.1 Å². The van der Waals surface area contributed by atoms with Crippen LogP contribution in [0.5, 0.6) is 0 Å². The third-order valence-electron chi connectivity index (χ3n) is 5.93. The molecule has 28 heavy (non-hydrogen) atoms. The van der Waals surface area contributed by atoms with Gasteiger partial charge in [-0.05, 0) is 37.5 Å². The van der Waals surface area contributed by atoms with Crippen molar-refractivity contribution in [2.24, 2.45) is 0 Å².